The van der Waals surface area contributed by atoms with Crippen LogP contribution in [0.4, 0.5) is 0 Å². The van der Waals surface area contributed by atoms with Crippen LogP contribution in [0.1, 0.15) is 24.0 Å². The SMILES string of the molecule is O=C1[C@H]2CC=CC[C@@H]2C(=O)N1CN1CCc2ccccc2C1. The monoisotopic (exact) mass is 296 g/mol. The molecule has 1 aromatic carbocycles. The van der Waals surface area contributed by atoms with E-state index in [9.17, 15) is 9.59 Å². The van der Waals surface area contributed by atoms with Crippen molar-refractivity contribution in [3.8, 4) is 0 Å². The van der Waals surface area contributed by atoms with E-state index in [1.165, 1.54) is 16.0 Å². The molecule has 2 atom stereocenters. The molecule has 0 unspecified atom stereocenters. The van der Waals surface area contributed by atoms with Crippen molar-refractivity contribution in [1.29, 1.82) is 0 Å². The molecule has 0 N–H and O–H groups in total. The van der Waals surface area contributed by atoms with Crippen molar-refractivity contribution in [1.82, 2.24) is 9.80 Å². The zero-order valence-corrected chi connectivity index (χ0v) is 12.6. The van der Waals surface area contributed by atoms with Crippen molar-refractivity contribution in [3.63, 3.8) is 0 Å². The highest BCUT2D eigenvalue weighted by Gasteiger charge is 2.47. The van der Waals surface area contributed by atoms with Gasteiger partial charge in [-0.1, -0.05) is 36.4 Å². The van der Waals surface area contributed by atoms with Crippen molar-refractivity contribution in [2.24, 2.45) is 11.8 Å². The normalized spacial score (nSPS) is 27.9. The molecule has 2 amide bonds. The summed E-state index contributed by atoms with van der Waals surface area (Å²) >= 11 is 0. The number of benzene rings is 1. The molecule has 0 bridgehead atoms. The molecule has 0 aromatic heterocycles. The predicted octanol–water partition coefficient (Wildman–Crippen LogP) is 1.95. The molecule has 1 fully saturated rings. The summed E-state index contributed by atoms with van der Waals surface area (Å²) < 4.78 is 0. The summed E-state index contributed by atoms with van der Waals surface area (Å²) in [6, 6.07) is 8.42. The Morgan fingerprint density at radius 1 is 0.955 bits per heavy atom. The first-order chi connectivity index (χ1) is 10.7. The van der Waals surface area contributed by atoms with E-state index in [1.54, 1.807) is 0 Å². The number of hydrogen-bond donors (Lipinski definition) is 0. The number of imide groups is 1. The molecule has 2 aliphatic heterocycles. The Balaban J connectivity index is 1.48. The fraction of sp³-hybridized carbons (Fsp3) is 0.444. The molecule has 0 radical (unpaired) electrons. The zero-order chi connectivity index (χ0) is 15.1. The van der Waals surface area contributed by atoms with Crippen LogP contribution in [-0.2, 0) is 22.6 Å². The minimum atomic E-state index is -0.116. The zero-order valence-electron chi connectivity index (χ0n) is 12.6. The molecule has 0 saturated carbocycles. The molecule has 4 rings (SSSR count). The molecule has 4 nitrogen and oxygen atoms in total. The van der Waals surface area contributed by atoms with Gasteiger partial charge in [0.15, 0.2) is 0 Å². The number of allylic oxidation sites excluding steroid dienone is 2. The Morgan fingerprint density at radius 2 is 1.59 bits per heavy atom. The number of rotatable bonds is 2. The number of nitrogens with zero attached hydrogens (tertiary/aromatic N) is 2. The number of likely N-dealkylation sites (tertiary alicyclic amines) is 1. The lowest BCUT2D eigenvalue weighted by Crippen LogP contribution is -2.43. The standard InChI is InChI=1S/C18H20N2O2/c21-17-15-7-3-4-8-16(15)18(22)20(17)12-19-10-9-13-5-1-2-6-14(13)11-19/h1-6,15-16H,7-12H2/t15-,16-/m0/s1. The van der Waals surface area contributed by atoms with E-state index >= 15 is 0 Å². The molecule has 4 heteroatoms. The van der Waals surface area contributed by atoms with Crippen LogP contribution in [0.25, 0.3) is 0 Å². The van der Waals surface area contributed by atoms with Crippen LogP contribution in [0.2, 0.25) is 0 Å². The van der Waals surface area contributed by atoms with Crippen LogP contribution in [0, 0.1) is 11.8 Å². The largest absolute Gasteiger partial charge is 0.281 e. The third-order valence-corrected chi connectivity index (χ3v) is 5.15. The molecule has 1 aliphatic carbocycles. The second-order valence-electron chi connectivity index (χ2n) is 6.47. The summed E-state index contributed by atoms with van der Waals surface area (Å²) in [6.45, 7) is 2.17. The van der Waals surface area contributed by atoms with Crippen LogP contribution < -0.4 is 0 Å². The van der Waals surface area contributed by atoms with Gasteiger partial charge in [-0.3, -0.25) is 19.4 Å². The van der Waals surface area contributed by atoms with E-state index in [0.29, 0.717) is 19.5 Å². The van der Waals surface area contributed by atoms with Crippen LogP contribution >= 0.6 is 0 Å². The maximum Gasteiger partial charge on any atom is 0.234 e. The molecule has 3 aliphatic rings. The van der Waals surface area contributed by atoms with Crippen LogP contribution in [-0.4, -0.2) is 34.8 Å². The molecular weight excluding hydrogens is 276 g/mol. The first kappa shape index (κ1) is 13.7. The molecule has 1 aromatic rings. The van der Waals surface area contributed by atoms with Gasteiger partial charge in [0.1, 0.15) is 0 Å². The van der Waals surface area contributed by atoms with E-state index in [0.717, 1.165) is 19.5 Å². The lowest BCUT2D eigenvalue weighted by atomic mass is 9.85. The lowest BCUT2D eigenvalue weighted by molar-refractivity contribution is -0.142. The number of fused-ring (bicyclic) bond motifs is 2. The van der Waals surface area contributed by atoms with Gasteiger partial charge in [0.25, 0.3) is 0 Å². The number of hydrogen-bond acceptors (Lipinski definition) is 3. The van der Waals surface area contributed by atoms with E-state index in [1.807, 2.05) is 12.2 Å². The summed E-state index contributed by atoms with van der Waals surface area (Å²) in [6.07, 6.45) is 6.49. The van der Waals surface area contributed by atoms with Crippen molar-refractivity contribution in [2.75, 3.05) is 13.2 Å². The van der Waals surface area contributed by atoms with Gasteiger partial charge < -0.3 is 0 Å². The van der Waals surface area contributed by atoms with Crippen LogP contribution in [0.3, 0.4) is 0 Å². The third kappa shape index (κ3) is 2.18. The molecule has 2 heterocycles. The maximum absolute atomic E-state index is 12.5. The second kappa shape index (κ2) is 5.36. The highest BCUT2D eigenvalue weighted by Crippen LogP contribution is 2.35. The van der Waals surface area contributed by atoms with Gasteiger partial charge in [-0.25, -0.2) is 0 Å². The summed E-state index contributed by atoms with van der Waals surface area (Å²) in [5.41, 5.74) is 2.70. The number of amides is 2. The van der Waals surface area contributed by atoms with Gasteiger partial charge in [0.2, 0.25) is 11.8 Å². The topological polar surface area (TPSA) is 40.6 Å². The molecule has 22 heavy (non-hydrogen) atoms. The highest BCUT2D eigenvalue weighted by atomic mass is 16.2. The van der Waals surface area contributed by atoms with Crippen LogP contribution in [0.15, 0.2) is 36.4 Å². The summed E-state index contributed by atoms with van der Waals surface area (Å²) in [5.74, 6) is -0.180. The van der Waals surface area contributed by atoms with Crippen LogP contribution in [0.5, 0.6) is 0 Å². The summed E-state index contributed by atoms with van der Waals surface area (Å²) in [5, 5.41) is 0. The van der Waals surface area contributed by atoms with Gasteiger partial charge >= 0.3 is 0 Å². The number of carbonyl (C=O) groups excluding carboxylic acids is 2. The average Bonchev–Trinajstić information content (AvgIpc) is 2.80. The van der Waals surface area contributed by atoms with Gasteiger partial charge in [-0.2, -0.15) is 0 Å². The summed E-state index contributed by atoms with van der Waals surface area (Å²) in [4.78, 5) is 28.7. The minimum Gasteiger partial charge on any atom is -0.281 e. The van der Waals surface area contributed by atoms with E-state index in [4.69, 9.17) is 0 Å². The van der Waals surface area contributed by atoms with Crippen molar-refractivity contribution in [2.45, 2.75) is 25.8 Å². The molecule has 114 valence electrons. The Bertz CT molecular complexity index is 626. The van der Waals surface area contributed by atoms with Gasteiger partial charge in [-0.05, 0) is 30.4 Å². The first-order valence-electron chi connectivity index (χ1n) is 8.03. The molecular formula is C18H20N2O2. The Kier molecular flexibility index (Phi) is 3.34. The Labute approximate surface area is 130 Å². The molecule has 0 spiro atoms. The average molecular weight is 296 g/mol. The minimum absolute atomic E-state index is 0.0261. The fourth-order valence-electron chi connectivity index (χ4n) is 3.88. The smallest absolute Gasteiger partial charge is 0.234 e. The van der Waals surface area contributed by atoms with Crippen molar-refractivity contribution < 1.29 is 9.59 Å². The quantitative estimate of drug-likeness (QED) is 0.619. The van der Waals surface area contributed by atoms with E-state index < -0.39 is 0 Å². The van der Waals surface area contributed by atoms with Gasteiger partial charge in [0, 0.05) is 13.1 Å². The Hall–Kier alpha value is -1.94. The Morgan fingerprint density at radius 3 is 2.27 bits per heavy atom. The summed E-state index contributed by atoms with van der Waals surface area (Å²) in [7, 11) is 0. The maximum atomic E-state index is 12.5. The third-order valence-electron chi connectivity index (χ3n) is 5.15. The second-order valence-corrected chi connectivity index (χ2v) is 6.47. The van der Waals surface area contributed by atoms with E-state index in [-0.39, 0.29) is 23.7 Å². The van der Waals surface area contributed by atoms with E-state index in [2.05, 4.69) is 29.2 Å². The highest BCUT2D eigenvalue weighted by molar-refractivity contribution is 6.05. The predicted molar refractivity (Wildman–Crippen MR) is 82.6 cm³/mol. The van der Waals surface area contributed by atoms with Gasteiger partial charge in [0.05, 0.1) is 18.5 Å². The van der Waals surface area contributed by atoms with Gasteiger partial charge in [-0.15, -0.1) is 0 Å². The van der Waals surface area contributed by atoms with Crippen molar-refractivity contribution in [3.05, 3.63) is 47.5 Å². The fourth-order valence-corrected chi connectivity index (χ4v) is 3.88. The molecule has 1 saturated heterocycles. The van der Waals surface area contributed by atoms with Crippen molar-refractivity contribution >= 4 is 11.8 Å². The lowest BCUT2D eigenvalue weighted by Gasteiger charge is -2.31. The first-order valence-corrected chi connectivity index (χ1v) is 8.03. The number of carbonyl (C=O) groups is 2.